The second-order valence-corrected chi connectivity index (χ2v) is 6.82. The van der Waals surface area contributed by atoms with Gasteiger partial charge in [0.15, 0.2) is 6.61 Å². The van der Waals surface area contributed by atoms with E-state index < -0.39 is 31.4 Å². The smallest absolute Gasteiger partial charge is 0.480 e. The normalized spacial score (nSPS) is 13.4. The third-order valence-corrected chi connectivity index (χ3v) is 3.67. The number of ether oxygens (including phenoxy) is 2. The number of alkyl carbamates (subject to hydrolysis) is 1. The molecule has 2 rings (SSSR count). The number of amides is 1. The van der Waals surface area contributed by atoms with Gasteiger partial charge in [0.25, 0.3) is 0 Å². The number of carbonyl (C=O) groups excluding carboxylic acids is 1. The average molecular weight is 372 g/mol. The summed E-state index contributed by atoms with van der Waals surface area (Å²) in [5.41, 5.74) is 0.880. The summed E-state index contributed by atoms with van der Waals surface area (Å²) in [6.45, 7) is 4.83. The summed E-state index contributed by atoms with van der Waals surface area (Å²) in [4.78, 5) is 22.5. The number of aliphatic carboxylic acids is 1. The van der Waals surface area contributed by atoms with Gasteiger partial charge in [0.1, 0.15) is 11.4 Å². The van der Waals surface area contributed by atoms with E-state index in [1.807, 2.05) is 0 Å². The van der Waals surface area contributed by atoms with Crippen molar-refractivity contribution in [2.24, 2.45) is 0 Å². The van der Waals surface area contributed by atoms with Crippen LogP contribution in [0.25, 0.3) is 0 Å². The highest BCUT2D eigenvalue weighted by molar-refractivity contribution is 6.65. The maximum atomic E-state index is 11.8. The maximum Gasteiger partial charge on any atom is 0.493 e. The molecular weight excluding hydrogens is 352 g/mol. The molecule has 0 bridgehead atoms. The summed E-state index contributed by atoms with van der Waals surface area (Å²) in [7, 11) is -1.24. The number of hydrogen-bond donors (Lipinski definition) is 3. The summed E-state index contributed by atoms with van der Waals surface area (Å²) >= 11 is 6.18. The minimum Gasteiger partial charge on any atom is -0.480 e. The Bertz CT molecular complexity index is 689. The molecule has 0 saturated heterocycles. The quantitative estimate of drug-likeness (QED) is 0.663. The van der Waals surface area contributed by atoms with Crippen LogP contribution in [0.2, 0.25) is 5.02 Å². The molecule has 3 N–H and O–H groups in total. The summed E-state index contributed by atoms with van der Waals surface area (Å²) in [5, 5.41) is 21.4. The van der Waals surface area contributed by atoms with Crippen LogP contribution in [0.4, 0.5) is 4.79 Å². The molecule has 1 aliphatic heterocycles. The van der Waals surface area contributed by atoms with Crippen LogP contribution in [-0.4, -0.2) is 41.5 Å². The molecule has 8 nitrogen and oxygen atoms in total. The molecular formula is C15H19BClNO7. The summed E-state index contributed by atoms with van der Waals surface area (Å²) in [6, 6.07) is 1.52. The van der Waals surface area contributed by atoms with Crippen molar-refractivity contribution in [3.05, 3.63) is 22.2 Å². The van der Waals surface area contributed by atoms with Gasteiger partial charge < -0.3 is 29.6 Å². The van der Waals surface area contributed by atoms with Crippen molar-refractivity contribution in [3.8, 4) is 5.75 Å². The van der Waals surface area contributed by atoms with Crippen molar-refractivity contribution in [2.45, 2.75) is 39.5 Å². The second-order valence-electron chi connectivity index (χ2n) is 6.44. The van der Waals surface area contributed by atoms with Gasteiger partial charge in [-0.2, -0.15) is 0 Å². The first-order chi connectivity index (χ1) is 11.6. The van der Waals surface area contributed by atoms with Crippen LogP contribution < -0.4 is 15.5 Å². The van der Waals surface area contributed by atoms with E-state index in [1.54, 1.807) is 20.8 Å². The van der Waals surface area contributed by atoms with Gasteiger partial charge >= 0.3 is 19.2 Å². The zero-order chi connectivity index (χ0) is 18.8. The molecule has 0 atom stereocenters. The molecule has 1 aromatic carbocycles. The number of benzene rings is 1. The van der Waals surface area contributed by atoms with E-state index in [2.05, 4.69) is 5.32 Å². The molecule has 1 aliphatic rings. The van der Waals surface area contributed by atoms with Crippen molar-refractivity contribution in [2.75, 3.05) is 6.61 Å². The SMILES string of the molecule is CC(C)(C)OC(=O)NCc1cc(OCC(=O)O)c(Cl)c2c1COB2O. The third-order valence-electron chi connectivity index (χ3n) is 3.28. The van der Waals surface area contributed by atoms with Crippen molar-refractivity contribution in [3.63, 3.8) is 0 Å². The van der Waals surface area contributed by atoms with E-state index in [4.69, 9.17) is 30.8 Å². The number of carbonyl (C=O) groups is 2. The van der Waals surface area contributed by atoms with Crippen LogP contribution in [0.1, 0.15) is 31.9 Å². The van der Waals surface area contributed by atoms with Crippen molar-refractivity contribution in [1.82, 2.24) is 5.32 Å². The lowest BCUT2D eigenvalue weighted by molar-refractivity contribution is -0.139. The van der Waals surface area contributed by atoms with E-state index in [9.17, 15) is 14.6 Å². The van der Waals surface area contributed by atoms with Crippen LogP contribution in [0.3, 0.4) is 0 Å². The highest BCUT2D eigenvalue weighted by Gasteiger charge is 2.34. The first kappa shape index (κ1) is 19.4. The van der Waals surface area contributed by atoms with Gasteiger partial charge in [0.05, 0.1) is 11.6 Å². The lowest BCUT2D eigenvalue weighted by atomic mass is 9.78. The molecule has 1 heterocycles. The Kier molecular flexibility index (Phi) is 5.81. The minimum atomic E-state index is -1.24. The molecule has 0 radical (unpaired) electrons. The van der Waals surface area contributed by atoms with Gasteiger partial charge in [-0.1, -0.05) is 11.6 Å². The summed E-state index contributed by atoms with van der Waals surface area (Å²) in [6.07, 6.45) is -0.608. The fourth-order valence-corrected chi connectivity index (χ4v) is 2.62. The van der Waals surface area contributed by atoms with Crippen molar-refractivity contribution < 1.29 is 33.8 Å². The summed E-state index contributed by atoms with van der Waals surface area (Å²) in [5.74, 6) is -1.07. The van der Waals surface area contributed by atoms with E-state index in [0.29, 0.717) is 16.6 Å². The molecule has 0 saturated carbocycles. The molecule has 10 heteroatoms. The van der Waals surface area contributed by atoms with Crippen molar-refractivity contribution >= 4 is 36.2 Å². The fraction of sp³-hybridized carbons (Fsp3) is 0.467. The van der Waals surface area contributed by atoms with E-state index >= 15 is 0 Å². The zero-order valence-electron chi connectivity index (χ0n) is 14.1. The second kappa shape index (κ2) is 7.51. The monoisotopic (exact) mass is 371 g/mol. The minimum absolute atomic E-state index is 0.0773. The number of nitrogens with one attached hydrogen (secondary N) is 1. The lowest BCUT2D eigenvalue weighted by Gasteiger charge is -2.20. The molecule has 0 aromatic heterocycles. The van der Waals surface area contributed by atoms with Gasteiger partial charge in [-0.25, -0.2) is 9.59 Å². The van der Waals surface area contributed by atoms with Gasteiger partial charge in [-0.15, -0.1) is 0 Å². The Hall–Kier alpha value is -1.97. The Morgan fingerprint density at radius 2 is 2.12 bits per heavy atom. The van der Waals surface area contributed by atoms with Crippen LogP contribution in [0, 0.1) is 0 Å². The number of hydrogen-bond acceptors (Lipinski definition) is 6. The number of carboxylic acids is 1. The average Bonchev–Trinajstić information content (AvgIpc) is 2.86. The first-order valence-corrected chi connectivity index (χ1v) is 7.91. The molecule has 1 amide bonds. The predicted octanol–water partition coefficient (Wildman–Crippen LogP) is 1.05. The Labute approximate surface area is 150 Å². The maximum absolute atomic E-state index is 11.8. The van der Waals surface area contributed by atoms with Crippen LogP contribution in [-0.2, 0) is 27.3 Å². The molecule has 0 unspecified atom stereocenters. The fourth-order valence-electron chi connectivity index (χ4n) is 2.30. The number of carboxylic acid groups (broad SMARTS) is 1. The molecule has 25 heavy (non-hydrogen) atoms. The highest BCUT2D eigenvalue weighted by Crippen LogP contribution is 2.30. The van der Waals surface area contributed by atoms with E-state index in [0.717, 1.165) is 0 Å². The molecule has 0 aliphatic carbocycles. The lowest BCUT2D eigenvalue weighted by Crippen LogP contribution is -2.33. The zero-order valence-corrected chi connectivity index (χ0v) is 14.8. The summed E-state index contributed by atoms with van der Waals surface area (Å²) < 4.78 is 15.5. The van der Waals surface area contributed by atoms with E-state index in [-0.39, 0.29) is 23.9 Å². The van der Waals surface area contributed by atoms with Gasteiger partial charge in [-0.3, -0.25) is 0 Å². The Morgan fingerprint density at radius 1 is 1.44 bits per heavy atom. The number of fused-ring (bicyclic) bond motifs is 1. The van der Waals surface area contributed by atoms with Crippen molar-refractivity contribution in [1.29, 1.82) is 0 Å². The van der Waals surface area contributed by atoms with Crippen LogP contribution >= 0.6 is 11.6 Å². The molecule has 0 fully saturated rings. The van der Waals surface area contributed by atoms with Gasteiger partial charge in [0, 0.05) is 12.0 Å². The Morgan fingerprint density at radius 3 is 2.72 bits per heavy atom. The van der Waals surface area contributed by atoms with Crippen LogP contribution in [0.5, 0.6) is 5.75 Å². The van der Waals surface area contributed by atoms with Gasteiger partial charge in [-0.05, 0) is 38.0 Å². The molecule has 0 spiro atoms. The van der Waals surface area contributed by atoms with Gasteiger partial charge in [0.2, 0.25) is 0 Å². The predicted molar refractivity (Wildman–Crippen MR) is 90.1 cm³/mol. The Balaban J connectivity index is 2.23. The topological polar surface area (TPSA) is 114 Å². The third kappa shape index (κ3) is 5.01. The number of rotatable bonds is 5. The number of halogens is 1. The first-order valence-electron chi connectivity index (χ1n) is 7.53. The van der Waals surface area contributed by atoms with Crippen LogP contribution in [0.15, 0.2) is 6.07 Å². The largest absolute Gasteiger partial charge is 0.493 e. The van der Waals surface area contributed by atoms with E-state index in [1.165, 1.54) is 6.07 Å². The molecule has 1 aromatic rings. The highest BCUT2D eigenvalue weighted by atomic mass is 35.5. The molecule has 136 valence electrons. The standard InChI is InChI=1S/C15H19BClNO7/c1-15(2,3)25-14(21)18-5-8-4-10(23-7-11(19)20)13(17)12-9(8)6-24-16(12)22/h4,22H,5-7H2,1-3H3,(H,18,21)(H,19,20).